The quantitative estimate of drug-likeness (QED) is 0.869. The molecule has 80 valence electrons. The predicted octanol–water partition coefficient (Wildman–Crippen LogP) is 2.65. The predicted molar refractivity (Wildman–Crippen MR) is 63.1 cm³/mol. The van der Waals surface area contributed by atoms with Gasteiger partial charge in [0.15, 0.2) is 0 Å². The largest absolute Gasteiger partial charge is 0.443 e. The highest BCUT2D eigenvalue weighted by molar-refractivity contribution is 9.10. The second kappa shape index (κ2) is 4.90. The van der Waals surface area contributed by atoms with Gasteiger partial charge in [-0.1, -0.05) is 12.1 Å². The van der Waals surface area contributed by atoms with Crippen LogP contribution in [0.4, 0.5) is 4.79 Å². The van der Waals surface area contributed by atoms with E-state index in [1.165, 1.54) is 4.90 Å². The first kappa shape index (κ1) is 10.8. The Balaban J connectivity index is 1.88. The molecule has 1 atom stereocenters. The molecule has 0 aromatic heterocycles. The van der Waals surface area contributed by atoms with Crippen LogP contribution in [0.1, 0.15) is 0 Å². The highest BCUT2D eigenvalue weighted by atomic mass is 79.9. The zero-order valence-corrected chi connectivity index (χ0v) is 10.3. The van der Waals surface area contributed by atoms with Crippen molar-refractivity contribution in [2.24, 2.45) is 0 Å². The fourth-order valence-corrected chi connectivity index (χ4v) is 2.83. The number of rotatable bonds is 3. The van der Waals surface area contributed by atoms with Crippen molar-refractivity contribution in [1.29, 1.82) is 0 Å². The number of ether oxygens (including phenoxy) is 1. The number of thioether (sulfide) groups is 1. The number of cyclic esters (lactones) is 1. The van der Waals surface area contributed by atoms with Gasteiger partial charge in [0.05, 0.1) is 6.54 Å². The van der Waals surface area contributed by atoms with Crippen LogP contribution in [-0.4, -0.2) is 24.5 Å². The third-order valence-electron chi connectivity index (χ3n) is 2.01. The standard InChI is InChI=1S/C10H10BrNO2S/c11-8-3-1-2-4-9(8)15-6-7-5-12-10(13)14-7/h1-4,7H,5-6H2,(H,12,13). The van der Waals surface area contributed by atoms with Gasteiger partial charge in [-0.3, -0.25) is 0 Å². The molecule has 1 aliphatic rings. The number of carbonyl (C=O) groups excluding carboxylic acids is 1. The summed E-state index contributed by atoms with van der Waals surface area (Å²) in [6, 6.07) is 8.01. The average Bonchev–Trinajstić information content (AvgIpc) is 2.63. The lowest BCUT2D eigenvalue weighted by atomic mass is 10.4. The lowest BCUT2D eigenvalue weighted by molar-refractivity contribution is 0.150. The van der Waals surface area contributed by atoms with E-state index in [1.807, 2.05) is 24.3 Å². The number of benzene rings is 1. The van der Waals surface area contributed by atoms with Crippen molar-refractivity contribution >= 4 is 33.8 Å². The van der Waals surface area contributed by atoms with Crippen LogP contribution in [0.2, 0.25) is 0 Å². The van der Waals surface area contributed by atoms with Gasteiger partial charge in [-0.2, -0.15) is 0 Å². The number of carbonyl (C=O) groups is 1. The smallest absolute Gasteiger partial charge is 0.407 e. The Bertz CT molecular complexity index is 372. The van der Waals surface area contributed by atoms with Crippen LogP contribution >= 0.6 is 27.7 Å². The van der Waals surface area contributed by atoms with E-state index in [9.17, 15) is 4.79 Å². The Labute approximate surface area is 101 Å². The van der Waals surface area contributed by atoms with E-state index < -0.39 is 0 Å². The van der Waals surface area contributed by atoms with Gasteiger partial charge in [0.25, 0.3) is 0 Å². The number of halogens is 1. The van der Waals surface area contributed by atoms with Gasteiger partial charge >= 0.3 is 6.09 Å². The van der Waals surface area contributed by atoms with E-state index in [4.69, 9.17) is 4.74 Å². The van der Waals surface area contributed by atoms with Gasteiger partial charge < -0.3 is 10.1 Å². The zero-order valence-electron chi connectivity index (χ0n) is 7.90. The van der Waals surface area contributed by atoms with E-state index in [1.54, 1.807) is 11.8 Å². The average molecular weight is 288 g/mol. The van der Waals surface area contributed by atoms with Crippen LogP contribution in [0.3, 0.4) is 0 Å². The molecule has 1 saturated heterocycles. The van der Waals surface area contributed by atoms with Crippen molar-refractivity contribution < 1.29 is 9.53 Å². The minimum atomic E-state index is -0.312. The van der Waals surface area contributed by atoms with Gasteiger partial charge in [0.2, 0.25) is 0 Å². The maximum atomic E-state index is 10.8. The molecule has 1 aromatic carbocycles. The first-order chi connectivity index (χ1) is 7.25. The molecule has 1 N–H and O–H groups in total. The molecule has 1 amide bonds. The number of hydrogen-bond donors (Lipinski definition) is 1. The molecule has 3 nitrogen and oxygen atoms in total. The van der Waals surface area contributed by atoms with Crippen molar-refractivity contribution in [3.63, 3.8) is 0 Å². The second-order valence-electron chi connectivity index (χ2n) is 3.15. The SMILES string of the molecule is O=C1NCC(CSc2ccccc2Br)O1. The molecule has 15 heavy (non-hydrogen) atoms. The molecule has 1 aliphatic heterocycles. The van der Waals surface area contributed by atoms with Crippen LogP contribution < -0.4 is 5.32 Å². The maximum Gasteiger partial charge on any atom is 0.407 e. The van der Waals surface area contributed by atoms with Gasteiger partial charge in [-0.25, -0.2) is 4.79 Å². The van der Waals surface area contributed by atoms with Crippen molar-refractivity contribution in [2.45, 2.75) is 11.0 Å². The summed E-state index contributed by atoms with van der Waals surface area (Å²) < 4.78 is 6.11. The lowest BCUT2D eigenvalue weighted by Crippen LogP contribution is -2.16. The second-order valence-corrected chi connectivity index (χ2v) is 5.07. The minimum absolute atomic E-state index is 0.0189. The summed E-state index contributed by atoms with van der Waals surface area (Å²) in [6.07, 6.45) is -0.331. The van der Waals surface area contributed by atoms with Crippen LogP contribution in [0.5, 0.6) is 0 Å². The van der Waals surface area contributed by atoms with Crippen LogP contribution in [0.15, 0.2) is 33.6 Å². The molecule has 0 saturated carbocycles. The zero-order chi connectivity index (χ0) is 10.7. The van der Waals surface area contributed by atoms with Gasteiger partial charge in [-0.15, -0.1) is 11.8 Å². The van der Waals surface area contributed by atoms with Crippen molar-refractivity contribution in [3.8, 4) is 0 Å². The van der Waals surface area contributed by atoms with Gasteiger partial charge in [-0.05, 0) is 28.1 Å². The number of nitrogens with one attached hydrogen (secondary N) is 1. The monoisotopic (exact) mass is 287 g/mol. The molecule has 0 spiro atoms. The topological polar surface area (TPSA) is 38.3 Å². The van der Waals surface area contributed by atoms with E-state index in [0.717, 1.165) is 10.2 Å². The molecular formula is C10H10BrNO2S. The summed E-state index contributed by atoms with van der Waals surface area (Å²) in [6.45, 7) is 0.607. The van der Waals surface area contributed by atoms with Gasteiger partial charge in [0.1, 0.15) is 6.10 Å². The Hall–Kier alpha value is -0.680. The number of alkyl carbamates (subject to hydrolysis) is 1. The third kappa shape index (κ3) is 2.89. The Morgan fingerprint density at radius 2 is 2.33 bits per heavy atom. The fourth-order valence-electron chi connectivity index (χ4n) is 1.27. The van der Waals surface area contributed by atoms with Crippen LogP contribution in [-0.2, 0) is 4.74 Å². The van der Waals surface area contributed by atoms with Crippen molar-refractivity contribution in [1.82, 2.24) is 5.32 Å². The third-order valence-corrected chi connectivity index (χ3v) is 4.17. The van der Waals surface area contributed by atoms with E-state index in [-0.39, 0.29) is 12.2 Å². The normalized spacial score (nSPS) is 19.8. The molecule has 1 heterocycles. The summed E-state index contributed by atoms with van der Waals surface area (Å²) in [7, 11) is 0. The highest BCUT2D eigenvalue weighted by Gasteiger charge is 2.22. The molecule has 5 heteroatoms. The van der Waals surface area contributed by atoms with Gasteiger partial charge in [0, 0.05) is 15.1 Å². The lowest BCUT2D eigenvalue weighted by Gasteiger charge is -2.07. The number of hydrogen-bond acceptors (Lipinski definition) is 3. The first-order valence-corrected chi connectivity index (χ1v) is 6.35. The van der Waals surface area contributed by atoms with Crippen molar-refractivity contribution in [2.75, 3.05) is 12.3 Å². The summed E-state index contributed by atoms with van der Waals surface area (Å²) >= 11 is 5.16. The summed E-state index contributed by atoms with van der Waals surface area (Å²) in [5.41, 5.74) is 0. The molecule has 0 aliphatic carbocycles. The summed E-state index contributed by atoms with van der Waals surface area (Å²) in [5, 5.41) is 2.63. The molecular weight excluding hydrogens is 278 g/mol. The molecule has 0 bridgehead atoms. The molecule has 1 unspecified atom stereocenters. The Morgan fingerprint density at radius 3 is 3.00 bits per heavy atom. The van der Waals surface area contributed by atoms with E-state index in [0.29, 0.717) is 6.54 Å². The fraction of sp³-hybridized carbons (Fsp3) is 0.300. The summed E-state index contributed by atoms with van der Waals surface area (Å²) in [5.74, 6) is 0.779. The molecule has 0 radical (unpaired) electrons. The van der Waals surface area contributed by atoms with E-state index >= 15 is 0 Å². The van der Waals surface area contributed by atoms with Crippen LogP contribution in [0, 0.1) is 0 Å². The van der Waals surface area contributed by atoms with E-state index in [2.05, 4.69) is 21.2 Å². The molecule has 1 fully saturated rings. The number of amides is 1. The maximum absolute atomic E-state index is 10.8. The molecule has 2 rings (SSSR count). The van der Waals surface area contributed by atoms with Crippen LogP contribution in [0.25, 0.3) is 0 Å². The minimum Gasteiger partial charge on any atom is -0.443 e. The highest BCUT2D eigenvalue weighted by Crippen LogP contribution is 2.28. The Morgan fingerprint density at radius 1 is 1.53 bits per heavy atom. The molecule has 1 aromatic rings. The Kier molecular flexibility index (Phi) is 3.53. The van der Waals surface area contributed by atoms with Crippen molar-refractivity contribution in [3.05, 3.63) is 28.7 Å². The first-order valence-electron chi connectivity index (χ1n) is 4.57. The summed E-state index contributed by atoms with van der Waals surface area (Å²) in [4.78, 5) is 11.9.